The minimum atomic E-state index is 0.157. The molecule has 0 heterocycles. The van der Waals surface area contributed by atoms with E-state index >= 15 is 0 Å². The summed E-state index contributed by atoms with van der Waals surface area (Å²) in [5.41, 5.74) is 2.42. The monoisotopic (exact) mass is 174 g/mol. The molecule has 0 aliphatic rings. The first-order chi connectivity index (χ1) is 6.27. The fourth-order valence-electron chi connectivity index (χ4n) is 1.36. The molecule has 0 bridgehead atoms. The second kappa shape index (κ2) is 4.64. The van der Waals surface area contributed by atoms with Gasteiger partial charge in [-0.05, 0) is 19.5 Å². The van der Waals surface area contributed by atoms with Gasteiger partial charge in [-0.15, -0.1) is 0 Å². The van der Waals surface area contributed by atoms with E-state index in [0.29, 0.717) is 6.42 Å². The van der Waals surface area contributed by atoms with Gasteiger partial charge in [-0.2, -0.15) is 5.26 Å². The molecule has 1 aromatic carbocycles. The SMILES string of the molecule is CNC(CC#N)c1cccc(C)c1. The second-order valence-electron chi connectivity index (χ2n) is 3.12. The van der Waals surface area contributed by atoms with Crippen LogP contribution in [0.1, 0.15) is 23.6 Å². The number of nitrogens with one attached hydrogen (secondary N) is 1. The summed E-state index contributed by atoms with van der Waals surface area (Å²) in [7, 11) is 1.88. The summed E-state index contributed by atoms with van der Waals surface area (Å²) in [6.45, 7) is 2.06. The molecule has 0 fully saturated rings. The molecule has 0 saturated heterocycles. The van der Waals surface area contributed by atoms with E-state index < -0.39 is 0 Å². The standard InChI is InChI=1S/C11H14N2/c1-9-4-3-5-10(8-9)11(13-2)6-7-12/h3-5,8,11,13H,6H2,1-2H3. The number of rotatable bonds is 3. The Bertz CT molecular complexity index is 312. The van der Waals surface area contributed by atoms with Gasteiger partial charge in [-0.1, -0.05) is 29.8 Å². The van der Waals surface area contributed by atoms with Crippen molar-refractivity contribution >= 4 is 0 Å². The van der Waals surface area contributed by atoms with Crippen molar-refractivity contribution in [1.29, 1.82) is 5.26 Å². The fraction of sp³-hybridized carbons (Fsp3) is 0.364. The second-order valence-corrected chi connectivity index (χ2v) is 3.12. The van der Waals surface area contributed by atoms with Gasteiger partial charge in [0.15, 0.2) is 0 Å². The van der Waals surface area contributed by atoms with Crippen molar-refractivity contribution in [2.45, 2.75) is 19.4 Å². The van der Waals surface area contributed by atoms with Crippen LogP contribution in [0.2, 0.25) is 0 Å². The average molecular weight is 174 g/mol. The normalized spacial score (nSPS) is 12.1. The molecule has 1 unspecified atom stereocenters. The Morgan fingerprint density at radius 1 is 1.54 bits per heavy atom. The van der Waals surface area contributed by atoms with Gasteiger partial charge in [0, 0.05) is 6.04 Å². The van der Waals surface area contributed by atoms with Crippen LogP contribution < -0.4 is 5.32 Å². The van der Waals surface area contributed by atoms with E-state index in [0.717, 1.165) is 0 Å². The molecule has 0 saturated carbocycles. The van der Waals surface area contributed by atoms with Crippen molar-refractivity contribution < 1.29 is 0 Å². The molecule has 1 N–H and O–H groups in total. The average Bonchev–Trinajstić information content (AvgIpc) is 2.14. The van der Waals surface area contributed by atoms with Crippen molar-refractivity contribution in [3.63, 3.8) is 0 Å². The highest BCUT2D eigenvalue weighted by atomic mass is 14.9. The van der Waals surface area contributed by atoms with Crippen LogP contribution >= 0.6 is 0 Å². The smallest absolute Gasteiger partial charge is 0.0641 e. The van der Waals surface area contributed by atoms with Crippen LogP contribution in [0.4, 0.5) is 0 Å². The summed E-state index contributed by atoms with van der Waals surface area (Å²) in [6, 6.07) is 10.6. The molecule has 2 nitrogen and oxygen atoms in total. The van der Waals surface area contributed by atoms with Crippen LogP contribution in [0.3, 0.4) is 0 Å². The minimum Gasteiger partial charge on any atom is -0.312 e. The highest BCUT2D eigenvalue weighted by Gasteiger charge is 2.07. The van der Waals surface area contributed by atoms with Crippen LogP contribution in [-0.4, -0.2) is 7.05 Å². The first-order valence-corrected chi connectivity index (χ1v) is 4.38. The van der Waals surface area contributed by atoms with Crippen molar-refractivity contribution in [3.05, 3.63) is 35.4 Å². The van der Waals surface area contributed by atoms with Gasteiger partial charge in [-0.25, -0.2) is 0 Å². The minimum absolute atomic E-state index is 0.157. The molecule has 0 aliphatic carbocycles. The van der Waals surface area contributed by atoms with Gasteiger partial charge in [0.2, 0.25) is 0 Å². The van der Waals surface area contributed by atoms with E-state index in [1.165, 1.54) is 11.1 Å². The molecular formula is C11H14N2. The molecule has 1 atom stereocenters. The Kier molecular flexibility index (Phi) is 3.48. The number of hydrogen-bond acceptors (Lipinski definition) is 2. The van der Waals surface area contributed by atoms with Crippen LogP contribution in [-0.2, 0) is 0 Å². The number of aryl methyl sites for hydroxylation is 1. The number of nitriles is 1. The van der Waals surface area contributed by atoms with E-state index in [-0.39, 0.29) is 6.04 Å². The lowest BCUT2D eigenvalue weighted by molar-refractivity contribution is 0.608. The molecule has 13 heavy (non-hydrogen) atoms. The van der Waals surface area contributed by atoms with Crippen molar-refractivity contribution in [2.24, 2.45) is 0 Å². The van der Waals surface area contributed by atoms with Crippen molar-refractivity contribution in [2.75, 3.05) is 7.05 Å². The predicted octanol–water partition coefficient (Wildman–Crippen LogP) is 2.17. The summed E-state index contributed by atoms with van der Waals surface area (Å²) in [4.78, 5) is 0. The Balaban J connectivity index is 2.86. The Morgan fingerprint density at radius 3 is 2.85 bits per heavy atom. The molecule has 0 amide bonds. The van der Waals surface area contributed by atoms with E-state index in [1.54, 1.807) is 0 Å². The molecule has 0 spiro atoms. The zero-order valence-electron chi connectivity index (χ0n) is 8.04. The van der Waals surface area contributed by atoms with Gasteiger partial charge in [0.25, 0.3) is 0 Å². The lowest BCUT2D eigenvalue weighted by atomic mass is 10.0. The maximum Gasteiger partial charge on any atom is 0.0641 e. The molecule has 0 aromatic heterocycles. The number of benzene rings is 1. The van der Waals surface area contributed by atoms with E-state index in [2.05, 4.69) is 30.4 Å². The van der Waals surface area contributed by atoms with Gasteiger partial charge < -0.3 is 5.32 Å². The third kappa shape index (κ3) is 2.57. The number of hydrogen-bond donors (Lipinski definition) is 1. The fourth-order valence-corrected chi connectivity index (χ4v) is 1.36. The Morgan fingerprint density at radius 2 is 2.31 bits per heavy atom. The molecule has 1 rings (SSSR count). The summed E-state index contributed by atoms with van der Waals surface area (Å²) in [6.07, 6.45) is 0.514. The first kappa shape index (κ1) is 9.76. The third-order valence-corrected chi connectivity index (χ3v) is 2.09. The van der Waals surface area contributed by atoms with Gasteiger partial charge in [0.1, 0.15) is 0 Å². The van der Waals surface area contributed by atoms with Crippen LogP contribution in [0.15, 0.2) is 24.3 Å². The molecule has 0 radical (unpaired) electrons. The van der Waals surface area contributed by atoms with Crippen LogP contribution in [0.25, 0.3) is 0 Å². The molecular weight excluding hydrogens is 160 g/mol. The Labute approximate surface area is 79.2 Å². The van der Waals surface area contributed by atoms with E-state index in [9.17, 15) is 0 Å². The van der Waals surface area contributed by atoms with E-state index in [4.69, 9.17) is 5.26 Å². The van der Waals surface area contributed by atoms with Crippen LogP contribution in [0.5, 0.6) is 0 Å². The summed E-state index contributed by atoms with van der Waals surface area (Å²) in [5.74, 6) is 0. The molecule has 68 valence electrons. The maximum atomic E-state index is 8.61. The summed E-state index contributed by atoms with van der Waals surface area (Å²) in [5, 5.41) is 11.7. The highest BCUT2D eigenvalue weighted by molar-refractivity contribution is 5.25. The van der Waals surface area contributed by atoms with E-state index in [1.807, 2.05) is 19.2 Å². The largest absolute Gasteiger partial charge is 0.312 e. The van der Waals surface area contributed by atoms with Crippen molar-refractivity contribution in [1.82, 2.24) is 5.32 Å². The maximum absolute atomic E-state index is 8.61. The summed E-state index contributed by atoms with van der Waals surface area (Å²) < 4.78 is 0. The zero-order valence-corrected chi connectivity index (χ0v) is 8.04. The van der Waals surface area contributed by atoms with Gasteiger partial charge in [0.05, 0.1) is 12.5 Å². The van der Waals surface area contributed by atoms with Gasteiger partial charge >= 0.3 is 0 Å². The topological polar surface area (TPSA) is 35.8 Å². The molecule has 1 aromatic rings. The zero-order chi connectivity index (χ0) is 9.68. The molecule has 0 aliphatic heterocycles. The van der Waals surface area contributed by atoms with Gasteiger partial charge in [-0.3, -0.25) is 0 Å². The van der Waals surface area contributed by atoms with Crippen LogP contribution in [0, 0.1) is 18.3 Å². The quantitative estimate of drug-likeness (QED) is 0.762. The number of nitrogens with zero attached hydrogens (tertiary/aromatic N) is 1. The third-order valence-electron chi connectivity index (χ3n) is 2.09. The lowest BCUT2D eigenvalue weighted by Crippen LogP contribution is -2.15. The van der Waals surface area contributed by atoms with Crippen molar-refractivity contribution in [3.8, 4) is 6.07 Å². The predicted molar refractivity (Wildman–Crippen MR) is 53.2 cm³/mol. The summed E-state index contributed by atoms with van der Waals surface area (Å²) >= 11 is 0. The first-order valence-electron chi connectivity index (χ1n) is 4.38. The highest BCUT2D eigenvalue weighted by Crippen LogP contribution is 2.16. The molecule has 2 heteroatoms. The Hall–Kier alpha value is -1.33. The lowest BCUT2D eigenvalue weighted by Gasteiger charge is -2.13.